The van der Waals surface area contributed by atoms with Crippen LogP contribution in [0.2, 0.25) is 0 Å². The molecule has 0 radical (unpaired) electrons. The molecule has 0 saturated carbocycles. The van der Waals surface area contributed by atoms with Crippen LogP contribution in [0.5, 0.6) is 0 Å². The zero-order valence-electron chi connectivity index (χ0n) is 11.5. The zero-order chi connectivity index (χ0) is 12.9. The number of aryl methyl sites for hydroxylation is 1. The van der Waals surface area contributed by atoms with Gasteiger partial charge in [0.2, 0.25) is 0 Å². The van der Waals surface area contributed by atoms with Crippen molar-refractivity contribution in [1.82, 2.24) is 10.3 Å². The average Bonchev–Trinajstić information content (AvgIpc) is 2.72. The first-order valence-corrected chi connectivity index (χ1v) is 7.16. The summed E-state index contributed by atoms with van der Waals surface area (Å²) < 4.78 is 5.92. The van der Waals surface area contributed by atoms with E-state index in [2.05, 4.69) is 29.5 Å². The number of ether oxygens (including phenoxy) is 1. The van der Waals surface area contributed by atoms with Gasteiger partial charge in [0.1, 0.15) is 0 Å². The summed E-state index contributed by atoms with van der Waals surface area (Å²) in [5.41, 5.74) is 1.03. The van der Waals surface area contributed by atoms with Crippen molar-refractivity contribution >= 4 is 11.3 Å². The Kier molecular flexibility index (Phi) is 5.56. The van der Waals surface area contributed by atoms with Crippen LogP contribution in [0.15, 0.2) is 5.38 Å². The fourth-order valence-electron chi connectivity index (χ4n) is 2.11. The van der Waals surface area contributed by atoms with Crippen LogP contribution in [0.3, 0.4) is 0 Å². The van der Waals surface area contributed by atoms with Gasteiger partial charge in [0.05, 0.1) is 16.3 Å². The van der Waals surface area contributed by atoms with Crippen LogP contribution in [0.1, 0.15) is 37.9 Å². The number of aromatic nitrogens is 1. The minimum atomic E-state index is -0.124. The molecule has 0 fully saturated rings. The van der Waals surface area contributed by atoms with Crippen LogP contribution >= 0.6 is 11.3 Å². The predicted molar refractivity (Wildman–Crippen MR) is 73.7 cm³/mol. The van der Waals surface area contributed by atoms with E-state index in [-0.39, 0.29) is 5.60 Å². The molecule has 1 rings (SSSR count). The Hall–Kier alpha value is -0.450. The molecule has 0 aromatic carbocycles. The van der Waals surface area contributed by atoms with Crippen LogP contribution < -0.4 is 5.32 Å². The third-order valence-electron chi connectivity index (χ3n) is 3.34. The summed E-state index contributed by atoms with van der Waals surface area (Å²) in [4.78, 5) is 4.53. The average molecular weight is 256 g/mol. The van der Waals surface area contributed by atoms with Crippen LogP contribution in [0, 0.1) is 6.92 Å². The number of rotatable bonds is 7. The monoisotopic (exact) mass is 256 g/mol. The molecule has 1 heterocycles. The van der Waals surface area contributed by atoms with Crippen molar-refractivity contribution in [3.05, 3.63) is 16.1 Å². The first-order chi connectivity index (χ1) is 8.05. The highest BCUT2D eigenvalue weighted by atomic mass is 32.1. The number of nitrogens with zero attached hydrogens (tertiary/aromatic N) is 1. The van der Waals surface area contributed by atoms with Crippen molar-refractivity contribution in [2.75, 3.05) is 13.7 Å². The minimum Gasteiger partial charge on any atom is -0.374 e. The summed E-state index contributed by atoms with van der Waals surface area (Å²) >= 11 is 1.71. The van der Waals surface area contributed by atoms with E-state index < -0.39 is 0 Å². The largest absolute Gasteiger partial charge is 0.374 e. The molecule has 98 valence electrons. The normalized spacial score (nSPS) is 16.8. The van der Waals surface area contributed by atoms with E-state index in [9.17, 15) is 0 Å². The van der Waals surface area contributed by atoms with E-state index in [4.69, 9.17) is 4.74 Å². The van der Waals surface area contributed by atoms with Crippen LogP contribution in [0.25, 0.3) is 0 Å². The predicted octanol–water partition coefficient (Wildman–Crippen LogP) is 2.79. The van der Waals surface area contributed by atoms with Crippen molar-refractivity contribution in [1.29, 1.82) is 0 Å². The fraction of sp³-hybridized carbons (Fsp3) is 0.769. The van der Waals surface area contributed by atoms with Crippen molar-refractivity contribution in [3.8, 4) is 0 Å². The molecular weight excluding hydrogens is 232 g/mol. The lowest BCUT2D eigenvalue weighted by atomic mass is 9.90. The van der Waals surface area contributed by atoms with Gasteiger partial charge in [-0.25, -0.2) is 4.98 Å². The van der Waals surface area contributed by atoms with Crippen molar-refractivity contribution in [2.24, 2.45) is 0 Å². The number of likely N-dealkylation sites (N-methyl/N-ethyl adjacent to an activating group) is 1. The molecule has 0 bridgehead atoms. The molecule has 3 nitrogen and oxygen atoms in total. The summed E-state index contributed by atoms with van der Waals surface area (Å²) in [6.45, 7) is 9.19. The molecule has 0 amide bonds. The summed E-state index contributed by atoms with van der Waals surface area (Å²) in [6, 6.07) is 0.300. The van der Waals surface area contributed by atoms with Gasteiger partial charge < -0.3 is 10.1 Å². The van der Waals surface area contributed by atoms with Gasteiger partial charge in [-0.1, -0.05) is 6.92 Å². The Labute approximate surface area is 109 Å². The quantitative estimate of drug-likeness (QED) is 0.814. The van der Waals surface area contributed by atoms with Crippen LogP contribution in [0.4, 0.5) is 0 Å². The highest BCUT2D eigenvalue weighted by Gasteiger charge is 2.32. The highest BCUT2D eigenvalue weighted by Crippen LogP contribution is 2.23. The standard InChI is InChI=1S/C13H24N2OS/c1-6-13(4,16-7-2)12(14-5)8-11-9-17-10(3)15-11/h9,12,14H,6-8H2,1-5H3. The molecule has 1 aromatic heterocycles. The first-order valence-electron chi connectivity index (χ1n) is 6.28. The molecule has 0 saturated heterocycles. The summed E-state index contributed by atoms with van der Waals surface area (Å²) in [7, 11) is 2.00. The molecular formula is C13H24N2OS. The van der Waals surface area contributed by atoms with Gasteiger partial charge in [-0.15, -0.1) is 11.3 Å². The Morgan fingerprint density at radius 1 is 1.53 bits per heavy atom. The maximum atomic E-state index is 5.92. The zero-order valence-corrected chi connectivity index (χ0v) is 12.4. The van der Waals surface area contributed by atoms with Crippen molar-refractivity contribution in [2.45, 2.75) is 52.2 Å². The second-order valence-corrected chi connectivity index (χ2v) is 5.56. The molecule has 0 aliphatic rings. The van der Waals surface area contributed by atoms with E-state index in [1.807, 2.05) is 20.9 Å². The van der Waals surface area contributed by atoms with Gasteiger partial charge in [0.15, 0.2) is 0 Å². The lowest BCUT2D eigenvalue weighted by Crippen LogP contribution is -2.50. The summed E-state index contributed by atoms with van der Waals surface area (Å²) in [5, 5.41) is 6.65. The topological polar surface area (TPSA) is 34.1 Å². The maximum Gasteiger partial charge on any atom is 0.0897 e. The Bertz CT molecular complexity index is 340. The van der Waals surface area contributed by atoms with E-state index in [1.54, 1.807) is 11.3 Å². The lowest BCUT2D eigenvalue weighted by Gasteiger charge is -2.36. The van der Waals surface area contributed by atoms with Gasteiger partial charge in [-0.2, -0.15) is 0 Å². The SMILES string of the molecule is CCOC(C)(CC)C(Cc1csc(C)n1)NC. The number of thiazole rings is 1. The van der Waals surface area contributed by atoms with Crippen molar-refractivity contribution in [3.63, 3.8) is 0 Å². The van der Waals surface area contributed by atoms with Gasteiger partial charge in [0, 0.05) is 24.4 Å². The smallest absolute Gasteiger partial charge is 0.0897 e. The maximum absolute atomic E-state index is 5.92. The Morgan fingerprint density at radius 3 is 2.65 bits per heavy atom. The van der Waals surface area contributed by atoms with Gasteiger partial charge >= 0.3 is 0 Å². The van der Waals surface area contributed by atoms with Crippen LogP contribution in [-0.4, -0.2) is 30.3 Å². The second-order valence-electron chi connectivity index (χ2n) is 4.50. The third kappa shape index (κ3) is 3.76. The number of nitrogens with one attached hydrogen (secondary N) is 1. The molecule has 0 aliphatic carbocycles. The molecule has 1 aromatic rings. The van der Waals surface area contributed by atoms with Gasteiger partial charge in [0.25, 0.3) is 0 Å². The summed E-state index contributed by atoms with van der Waals surface area (Å²) in [5.74, 6) is 0. The third-order valence-corrected chi connectivity index (χ3v) is 4.16. The van der Waals surface area contributed by atoms with Gasteiger partial charge in [-0.3, -0.25) is 0 Å². The van der Waals surface area contributed by atoms with Gasteiger partial charge in [-0.05, 0) is 34.2 Å². The lowest BCUT2D eigenvalue weighted by molar-refractivity contribution is -0.0535. The Morgan fingerprint density at radius 2 is 2.24 bits per heavy atom. The highest BCUT2D eigenvalue weighted by molar-refractivity contribution is 7.09. The molecule has 2 atom stereocenters. The molecule has 4 heteroatoms. The van der Waals surface area contributed by atoms with E-state index >= 15 is 0 Å². The van der Waals surface area contributed by atoms with E-state index in [1.165, 1.54) is 0 Å². The second kappa shape index (κ2) is 6.47. The first kappa shape index (κ1) is 14.6. The van der Waals surface area contributed by atoms with E-state index in [0.717, 1.165) is 30.2 Å². The molecule has 2 unspecified atom stereocenters. The summed E-state index contributed by atoms with van der Waals surface area (Å²) in [6.07, 6.45) is 1.92. The van der Waals surface area contributed by atoms with E-state index in [0.29, 0.717) is 6.04 Å². The van der Waals surface area contributed by atoms with Crippen LogP contribution in [-0.2, 0) is 11.2 Å². The number of hydrogen-bond acceptors (Lipinski definition) is 4. The number of hydrogen-bond donors (Lipinski definition) is 1. The molecule has 17 heavy (non-hydrogen) atoms. The molecule has 1 N–H and O–H groups in total. The minimum absolute atomic E-state index is 0.124. The Balaban J connectivity index is 2.75. The fourth-order valence-corrected chi connectivity index (χ4v) is 2.74. The van der Waals surface area contributed by atoms with Crippen molar-refractivity contribution < 1.29 is 4.74 Å². The molecule has 0 aliphatic heterocycles. The molecule has 0 spiro atoms.